The van der Waals surface area contributed by atoms with Gasteiger partial charge in [-0.3, -0.25) is 0 Å². The Labute approximate surface area is 110 Å². The lowest BCUT2D eigenvalue weighted by Gasteiger charge is -2.06. The molecule has 17 heavy (non-hydrogen) atoms. The minimum Gasteiger partial charge on any atom is -0.439 e. The maximum atomic E-state index is 5.92. The number of rotatable bonds is 3. The van der Waals surface area contributed by atoms with Gasteiger partial charge in [0.2, 0.25) is 5.88 Å². The van der Waals surface area contributed by atoms with Crippen LogP contribution in [-0.4, -0.2) is 4.98 Å². The Morgan fingerprint density at radius 3 is 2.47 bits per heavy atom. The summed E-state index contributed by atoms with van der Waals surface area (Å²) in [6.07, 6.45) is 0. The lowest BCUT2D eigenvalue weighted by atomic mass is 10.2. The monoisotopic (exact) mass is 267 g/mol. The molecule has 0 radical (unpaired) electrons. The molecule has 0 fully saturated rings. The number of aromatic nitrogens is 1. The molecule has 2 rings (SSSR count). The smallest absolute Gasteiger partial charge is 0.219 e. The van der Waals surface area contributed by atoms with Gasteiger partial charge in [-0.05, 0) is 25.1 Å². The third-order valence-electron chi connectivity index (χ3n) is 2.26. The van der Waals surface area contributed by atoms with Gasteiger partial charge in [0, 0.05) is 6.07 Å². The van der Waals surface area contributed by atoms with Crippen LogP contribution in [0.5, 0.6) is 11.6 Å². The van der Waals surface area contributed by atoms with E-state index in [-0.39, 0.29) is 5.88 Å². The molecule has 0 atom stereocenters. The number of hydrogen-bond donors (Lipinski definition) is 0. The maximum absolute atomic E-state index is 5.92. The highest BCUT2D eigenvalue weighted by molar-refractivity contribution is 6.32. The molecule has 0 amide bonds. The second-order valence-corrected chi connectivity index (χ2v) is 4.30. The Kier molecular flexibility index (Phi) is 3.87. The van der Waals surface area contributed by atoms with Gasteiger partial charge in [0.15, 0.2) is 0 Å². The Morgan fingerprint density at radius 2 is 1.82 bits per heavy atom. The average Bonchev–Trinajstić information content (AvgIpc) is 2.34. The van der Waals surface area contributed by atoms with Crippen LogP contribution in [0.3, 0.4) is 0 Å². The van der Waals surface area contributed by atoms with E-state index in [9.17, 15) is 0 Å². The summed E-state index contributed by atoms with van der Waals surface area (Å²) in [5.41, 5.74) is 1.81. The second kappa shape index (κ2) is 5.39. The molecule has 1 aromatic heterocycles. The summed E-state index contributed by atoms with van der Waals surface area (Å²) in [7, 11) is 0. The summed E-state index contributed by atoms with van der Waals surface area (Å²) in [5.74, 6) is 1.50. The van der Waals surface area contributed by atoms with Crippen LogP contribution in [0, 0.1) is 6.92 Å². The third kappa shape index (κ3) is 3.11. The van der Waals surface area contributed by atoms with Gasteiger partial charge in [0.05, 0.1) is 16.6 Å². The summed E-state index contributed by atoms with van der Waals surface area (Å²) in [5, 5.41) is 0.552. The number of aryl methyl sites for hydroxylation is 1. The molecule has 4 heteroatoms. The fourth-order valence-electron chi connectivity index (χ4n) is 1.34. The lowest BCUT2D eigenvalue weighted by Crippen LogP contribution is -1.92. The maximum Gasteiger partial charge on any atom is 0.219 e. The van der Waals surface area contributed by atoms with Gasteiger partial charge < -0.3 is 4.74 Å². The van der Waals surface area contributed by atoms with Crippen molar-refractivity contribution in [3.63, 3.8) is 0 Å². The van der Waals surface area contributed by atoms with E-state index in [1.54, 1.807) is 12.1 Å². The minimum atomic E-state index is 0.268. The molecule has 2 nitrogen and oxygen atoms in total. The first-order valence-electron chi connectivity index (χ1n) is 5.15. The molecule has 88 valence electrons. The van der Waals surface area contributed by atoms with Crippen LogP contribution in [0.1, 0.15) is 11.3 Å². The van der Waals surface area contributed by atoms with Gasteiger partial charge in [-0.15, -0.1) is 11.6 Å². The van der Waals surface area contributed by atoms with Gasteiger partial charge in [0.1, 0.15) is 5.75 Å². The van der Waals surface area contributed by atoms with E-state index < -0.39 is 0 Å². The van der Waals surface area contributed by atoms with Crippen molar-refractivity contribution in [2.75, 3.05) is 0 Å². The fourth-order valence-corrected chi connectivity index (χ4v) is 1.79. The molecule has 0 unspecified atom stereocenters. The summed E-state index contributed by atoms with van der Waals surface area (Å²) >= 11 is 11.6. The number of pyridine rings is 1. The van der Waals surface area contributed by atoms with Crippen LogP contribution >= 0.6 is 23.2 Å². The average molecular weight is 268 g/mol. The first kappa shape index (κ1) is 12.2. The first-order chi connectivity index (χ1) is 8.19. The number of ether oxygens (including phenoxy) is 1. The molecular weight excluding hydrogens is 257 g/mol. The second-order valence-electron chi connectivity index (χ2n) is 3.63. The molecule has 0 aliphatic carbocycles. The first-order valence-corrected chi connectivity index (χ1v) is 6.06. The Hall–Kier alpha value is -1.25. The summed E-state index contributed by atoms with van der Waals surface area (Å²) in [6, 6.07) is 11.2. The van der Waals surface area contributed by atoms with Crippen molar-refractivity contribution in [1.29, 1.82) is 0 Å². The van der Waals surface area contributed by atoms with Crippen LogP contribution in [0.15, 0.2) is 36.4 Å². The van der Waals surface area contributed by atoms with Crippen molar-refractivity contribution >= 4 is 23.2 Å². The Morgan fingerprint density at radius 1 is 1.12 bits per heavy atom. The number of halogens is 2. The van der Waals surface area contributed by atoms with Crippen molar-refractivity contribution in [2.45, 2.75) is 12.8 Å². The Bertz CT molecular complexity index is 511. The Balaban J connectivity index is 2.21. The van der Waals surface area contributed by atoms with Gasteiger partial charge in [-0.25, -0.2) is 4.98 Å². The summed E-state index contributed by atoms with van der Waals surface area (Å²) in [6.45, 7) is 2.02. The van der Waals surface area contributed by atoms with E-state index in [4.69, 9.17) is 27.9 Å². The van der Waals surface area contributed by atoms with Crippen molar-refractivity contribution < 1.29 is 4.74 Å². The molecule has 1 aromatic carbocycles. The van der Waals surface area contributed by atoms with Crippen LogP contribution in [0.4, 0.5) is 0 Å². The zero-order valence-electron chi connectivity index (χ0n) is 9.28. The van der Waals surface area contributed by atoms with Gasteiger partial charge >= 0.3 is 0 Å². The topological polar surface area (TPSA) is 22.1 Å². The van der Waals surface area contributed by atoms with Crippen LogP contribution < -0.4 is 4.74 Å². The largest absolute Gasteiger partial charge is 0.439 e. The van der Waals surface area contributed by atoms with E-state index in [0.29, 0.717) is 16.6 Å². The molecular formula is C13H11Cl2NO. The fraction of sp³-hybridized carbons (Fsp3) is 0.154. The molecule has 0 spiro atoms. The minimum absolute atomic E-state index is 0.268. The SMILES string of the molecule is Cc1ccc(Oc2ccc(Cl)c(CCl)n2)cc1. The number of nitrogens with zero attached hydrogens (tertiary/aromatic N) is 1. The van der Waals surface area contributed by atoms with E-state index in [0.717, 1.165) is 5.75 Å². The van der Waals surface area contributed by atoms with Gasteiger partial charge in [-0.2, -0.15) is 0 Å². The van der Waals surface area contributed by atoms with Gasteiger partial charge in [0.25, 0.3) is 0 Å². The predicted molar refractivity (Wildman–Crippen MR) is 70.1 cm³/mol. The third-order valence-corrected chi connectivity index (χ3v) is 2.86. The number of hydrogen-bond acceptors (Lipinski definition) is 2. The highest BCUT2D eigenvalue weighted by atomic mass is 35.5. The molecule has 2 aromatic rings. The standard InChI is InChI=1S/C13H11Cl2NO/c1-9-2-4-10(5-3-9)17-13-7-6-11(15)12(8-14)16-13/h2-7H,8H2,1H3. The van der Waals surface area contributed by atoms with Crippen LogP contribution in [0.25, 0.3) is 0 Å². The zero-order chi connectivity index (χ0) is 12.3. The van der Waals surface area contributed by atoms with Gasteiger partial charge in [-0.1, -0.05) is 29.3 Å². The van der Waals surface area contributed by atoms with Crippen molar-refractivity contribution in [3.05, 3.63) is 52.7 Å². The molecule has 0 saturated heterocycles. The summed E-state index contributed by atoms with van der Waals surface area (Å²) < 4.78 is 5.60. The zero-order valence-corrected chi connectivity index (χ0v) is 10.8. The molecule has 0 N–H and O–H groups in total. The van der Waals surface area contributed by atoms with E-state index >= 15 is 0 Å². The van der Waals surface area contributed by atoms with E-state index in [1.807, 2.05) is 31.2 Å². The molecule has 1 heterocycles. The normalized spacial score (nSPS) is 10.3. The van der Waals surface area contributed by atoms with E-state index in [2.05, 4.69) is 4.98 Å². The predicted octanol–water partition coefficient (Wildman–Crippen LogP) is 4.57. The molecule has 0 saturated carbocycles. The van der Waals surface area contributed by atoms with E-state index in [1.165, 1.54) is 5.56 Å². The van der Waals surface area contributed by atoms with Crippen LogP contribution in [0.2, 0.25) is 5.02 Å². The van der Waals surface area contributed by atoms with Crippen molar-refractivity contribution in [2.24, 2.45) is 0 Å². The molecule has 0 bridgehead atoms. The highest BCUT2D eigenvalue weighted by Crippen LogP contribution is 2.24. The quantitative estimate of drug-likeness (QED) is 0.760. The van der Waals surface area contributed by atoms with Crippen molar-refractivity contribution in [3.8, 4) is 11.6 Å². The van der Waals surface area contributed by atoms with Crippen LogP contribution in [-0.2, 0) is 5.88 Å². The number of alkyl halides is 1. The molecule has 0 aliphatic heterocycles. The van der Waals surface area contributed by atoms with Crippen molar-refractivity contribution in [1.82, 2.24) is 4.98 Å². The highest BCUT2D eigenvalue weighted by Gasteiger charge is 2.04. The summed E-state index contributed by atoms with van der Waals surface area (Å²) in [4.78, 5) is 4.22. The lowest BCUT2D eigenvalue weighted by molar-refractivity contribution is 0.461. The molecule has 0 aliphatic rings. The number of benzene rings is 1.